The summed E-state index contributed by atoms with van der Waals surface area (Å²) < 4.78 is 19.6. The Bertz CT molecular complexity index is 1310. The molecule has 0 saturated heterocycles. The number of benzene rings is 4. The van der Waals surface area contributed by atoms with Crippen LogP contribution in [0.25, 0.3) is 0 Å². The highest BCUT2D eigenvalue weighted by atomic mass is 35.5. The molecule has 4 aromatic carbocycles. The Morgan fingerprint density at radius 1 is 0.757 bits per heavy atom. The minimum atomic E-state index is -0.605. The van der Waals surface area contributed by atoms with Crippen LogP contribution in [0.3, 0.4) is 0 Å². The Labute approximate surface area is 224 Å². The smallest absolute Gasteiger partial charge is 0.132 e. The first kappa shape index (κ1) is 25.3. The third kappa shape index (κ3) is 6.34. The predicted molar refractivity (Wildman–Crippen MR) is 149 cm³/mol. The number of hydrogen-bond donors (Lipinski definition) is 1. The van der Waals surface area contributed by atoms with Crippen molar-refractivity contribution >= 4 is 17.3 Å². The zero-order valence-electron chi connectivity index (χ0n) is 21.2. The predicted octanol–water partition coefficient (Wildman–Crippen LogP) is 7.97. The summed E-state index contributed by atoms with van der Waals surface area (Å²) >= 11 is 6.22. The average Bonchev–Trinajstić information content (AvgIpc) is 2.90. The van der Waals surface area contributed by atoms with E-state index in [-0.39, 0.29) is 12.2 Å². The second kappa shape index (κ2) is 11.4. The van der Waals surface area contributed by atoms with Crippen molar-refractivity contribution in [3.63, 3.8) is 0 Å². The molecule has 37 heavy (non-hydrogen) atoms. The summed E-state index contributed by atoms with van der Waals surface area (Å²) in [6.45, 7) is 5.72. The Hall–Kier alpha value is -3.31. The van der Waals surface area contributed by atoms with Gasteiger partial charge in [0, 0.05) is 22.8 Å². The lowest BCUT2D eigenvalue weighted by Gasteiger charge is -2.44. The minimum Gasteiger partial charge on any atom is -0.485 e. The number of nitrogens with one attached hydrogen (secondary N) is 1. The van der Waals surface area contributed by atoms with Crippen molar-refractivity contribution in [3.05, 3.63) is 130 Å². The molecule has 1 N–H and O–H groups in total. The van der Waals surface area contributed by atoms with Crippen LogP contribution in [-0.2, 0) is 29.2 Å². The van der Waals surface area contributed by atoms with Gasteiger partial charge < -0.3 is 19.5 Å². The SMILES string of the molecule is CC1(C)Oc2ccc(NCc3ccccc3)cc2C(OCc2ccccc2)C1OCc1cccc(Cl)c1. The Balaban J connectivity index is 1.42. The third-order valence-electron chi connectivity index (χ3n) is 6.58. The standard InChI is InChI=1S/C32H32ClNO3/c1-32(2)31(36-22-25-14-9-15-26(33)18-25)30(35-21-24-12-7-4-8-13-24)28-19-27(16-17-29(28)37-32)34-20-23-10-5-3-6-11-23/h3-19,30-31,34H,20-22H2,1-2H3. The van der Waals surface area contributed by atoms with Crippen molar-refractivity contribution in [1.82, 2.24) is 0 Å². The number of hydrogen-bond acceptors (Lipinski definition) is 4. The van der Waals surface area contributed by atoms with E-state index in [1.54, 1.807) is 0 Å². The molecule has 0 aliphatic carbocycles. The highest BCUT2D eigenvalue weighted by Gasteiger charge is 2.45. The molecule has 1 aliphatic rings. The molecule has 1 aliphatic heterocycles. The molecular weight excluding hydrogens is 482 g/mol. The number of rotatable bonds is 9. The third-order valence-corrected chi connectivity index (χ3v) is 6.82. The van der Waals surface area contributed by atoms with E-state index in [1.807, 2.05) is 54.6 Å². The molecule has 0 fully saturated rings. The molecule has 2 unspecified atom stereocenters. The molecule has 190 valence electrons. The molecule has 5 rings (SSSR count). The summed E-state index contributed by atoms with van der Waals surface area (Å²) in [5, 5.41) is 4.23. The molecule has 2 atom stereocenters. The van der Waals surface area contributed by atoms with Crippen LogP contribution in [0.15, 0.2) is 103 Å². The molecule has 5 heteroatoms. The lowest BCUT2D eigenvalue weighted by molar-refractivity contribution is -0.170. The first-order valence-corrected chi connectivity index (χ1v) is 13.0. The highest BCUT2D eigenvalue weighted by Crippen LogP contribution is 2.45. The fourth-order valence-corrected chi connectivity index (χ4v) is 4.89. The zero-order valence-corrected chi connectivity index (χ0v) is 21.9. The number of fused-ring (bicyclic) bond motifs is 1. The van der Waals surface area contributed by atoms with Crippen LogP contribution in [0.5, 0.6) is 5.75 Å². The summed E-state index contributed by atoms with van der Waals surface area (Å²) in [5.41, 5.74) is 4.72. The Morgan fingerprint density at radius 3 is 2.16 bits per heavy atom. The van der Waals surface area contributed by atoms with Crippen LogP contribution in [-0.4, -0.2) is 11.7 Å². The van der Waals surface area contributed by atoms with Crippen molar-refractivity contribution in [2.45, 2.75) is 51.4 Å². The van der Waals surface area contributed by atoms with Gasteiger partial charge in [0.2, 0.25) is 0 Å². The van der Waals surface area contributed by atoms with Crippen molar-refractivity contribution in [3.8, 4) is 5.75 Å². The Kier molecular flexibility index (Phi) is 7.80. The molecule has 4 aromatic rings. The topological polar surface area (TPSA) is 39.7 Å². The van der Waals surface area contributed by atoms with Crippen molar-refractivity contribution in [1.29, 1.82) is 0 Å². The maximum Gasteiger partial charge on any atom is 0.132 e. The summed E-state index contributed by atoms with van der Waals surface area (Å²) in [6.07, 6.45) is -0.663. The van der Waals surface area contributed by atoms with Gasteiger partial charge in [0.15, 0.2) is 0 Å². The van der Waals surface area contributed by atoms with Crippen LogP contribution in [0, 0.1) is 0 Å². The van der Waals surface area contributed by atoms with E-state index in [2.05, 4.69) is 67.7 Å². The maximum absolute atomic E-state index is 6.61. The first-order chi connectivity index (χ1) is 18.0. The zero-order chi connectivity index (χ0) is 25.7. The van der Waals surface area contributed by atoms with Crippen molar-refractivity contribution < 1.29 is 14.2 Å². The number of anilines is 1. The van der Waals surface area contributed by atoms with Gasteiger partial charge in [-0.2, -0.15) is 0 Å². The summed E-state index contributed by atoms with van der Waals surface area (Å²) in [6, 6.07) is 34.5. The highest BCUT2D eigenvalue weighted by molar-refractivity contribution is 6.30. The molecule has 0 radical (unpaired) electrons. The number of halogens is 1. The van der Waals surface area contributed by atoms with Crippen molar-refractivity contribution in [2.24, 2.45) is 0 Å². The molecule has 0 amide bonds. The van der Waals surface area contributed by atoms with Gasteiger partial charge in [-0.3, -0.25) is 0 Å². The van der Waals surface area contributed by atoms with Gasteiger partial charge in [-0.15, -0.1) is 0 Å². The van der Waals surface area contributed by atoms with Gasteiger partial charge in [0.25, 0.3) is 0 Å². The van der Waals surface area contributed by atoms with E-state index in [9.17, 15) is 0 Å². The molecule has 0 spiro atoms. The molecule has 0 bridgehead atoms. The molecular formula is C32H32ClNO3. The monoisotopic (exact) mass is 513 g/mol. The summed E-state index contributed by atoms with van der Waals surface area (Å²) in [5.74, 6) is 0.816. The number of ether oxygens (including phenoxy) is 3. The molecule has 1 heterocycles. The van der Waals surface area contributed by atoms with Gasteiger partial charge >= 0.3 is 0 Å². The second-order valence-electron chi connectivity index (χ2n) is 9.88. The second-order valence-corrected chi connectivity index (χ2v) is 10.3. The van der Waals surface area contributed by atoms with E-state index in [4.69, 9.17) is 25.8 Å². The first-order valence-electron chi connectivity index (χ1n) is 12.6. The van der Waals surface area contributed by atoms with Gasteiger partial charge in [-0.1, -0.05) is 84.4 Å². The largest absolute Gasteiger partial charge is 0.485 e. The van der Waals surface area contributed by atoms with Crippen LogP contribution in [0.4, 0.5) is 5.69 Å². The lowest BCUT2D eigenvalue weighted by atomic mass is 9.87. The van der Waals surface area contributed by atoms with Gasteiger partial charge in [-0.25, -0.2) is 0 Å². The van der Waals surface area contributed by atoms with Gasteiger partial charge in [-0.05, 0) is 60.9 Å². The van der Waals surface area contributed by atoms with Crippen LogP contribution in [0.2, 0.25) is 5.02 Å². The van der Waals surface area contributed by atoms with Gasteiger partial charge in [0.05, 0.1) is 13.2 Å². The quantitative estimate of drug-likeness (QED) is 0.246. The summed E-state index contributed by atoms with van der Waals surface area (Å²) in [7, 11) is 0. The van der Waals surface area contributed by atoms with E-state index >= 15 is 0 Å². The summed E-state index contributed by atoms with van der Waals surface area (Å²) in [4.78, 5) is 0. The average molecular weight is 514 g/mol. The van der Waals surface area contributed by atoms with E-state index in [0.29, 0.717) is 18.2 Å². The van der Waals surface area contributed by atoms with E-state index in [1.165, 1.54) is 5.56 Å². The normalized spacial score (nSPS) is 18.0. The lowest BCUT2D eigenvalue weighted by Crippen LogP contribution is -2.50. The van der Waals surface area contributed by atoms with E-state index < -0.39 is 5.60 Å². The molecule has 0 saturated carbocycles. The van der Waals surface area contributed by atoms with Crippen LogP contribution in [0.1, 0.15) is 42.2 Å². The van der Waals surface area contributed by atoms with Gasteiger partial charge in [0.1, 0.15) is 23.6 Å². The fourth-order valence-electron chi connectivity index (χ4n) is 4.68. The fraction of sp³-hybridized carbons (Fsp3) is 0.250. The molecule has 0 aromatic heterocycles. The minimum absolute atomic E-state index is 0.323. The Morgan fingerprint density at radius 2 is 1.43 bits per heavy atom. The van der Waals surface area contributed by atoms with Crippen molar-refractivity contribution in [2.75, 3.05) is 5.32 Å². The maximum atomic E-state index is 6.61. The van der Waals surface area contributed by atoms with E-state index in [0.717, 1.165) is 34.7 Å². The van der Waals surface area contributed by atoms with Crippen LogP contribution < -0.4 is 10.1 Å². The van der Waals surface area contributed by atoms with Crippen LogP contribution >= 0.6 is 11.6 Å². The molecule has 4 nitrogen and oxygen atoms in total.